The third-order valence-corrected chi connectivity index (χ3v) is 5.02. The third-order valence-electron chi connectivity index (χ3n) is 5.02. The molecule has 1 amide bonds. The van der Waals surface area contributed by atoms with Crippen LogP contribution in [0.1, 0.15) is 43.7 Å². The molecule has 1 heterocycles. The number of ether oxygens (including phenoxy) is 1. The van der Waals surface area contributed by atoms with Crippen molar-refractivity contribution >= 4 is 5.91 Å². The molecule has 2 aromatic rings. The Morgan fingerprint density at radius 2 is 1.69 bits per heavy atom. The Labute approximate surface area is 155 Å². The van der Waals surface area contributed by atoms with Crippen molar-refractivity contribution in [3.05, 3.63) is 71.8 Å². The van der Waals surface area contributed by atoms with Crippen LogP contribution in [0.3, 0.4) is 0 Å². The van der Waals surface area contributed by atoms with Crippen LogP contribution in [0.2, 0.25) is 0 Å². The molecule has 1 fully saturated rings. The minimum atomic E-state index is -1.25. The van der Waals surface area contributed by atoms with Gasteiger partial charge in [0, 0.05) is 6.54 Å². The van der Waals surface area contributed by atoms with E-state index >= 15 is 0 Å². The van der Waals surface area contributed by atoms with Crippen LogP contribution in [0.5, 0.6) is 0 Å². The smallest absolute Gasteiger partial charge is 0.228 e. The van der Waals surface area contributed by atoms with Gasteiger partial charge in [-0.15, -0.1) is 0 Å². The number of likely N-dealkylation sites (tertiary alicyclic amines) is 1. The van der Waals surface area contributed by atoms with E-state index in [-0.39, 0.29) is 12.3 Å². The van der Waals surface area contributed by atoms with Crippen LogP contribution in [-0.2, 0) is 22.7 Å². The number of hydrogen-bond donors (Lipinski definition) is 1. The van der Waals surface area contributed by atoms with Gasteiger partial charge in [-0.3, -0.25) is 4.79 Å². The molecule has 2 atom stereocenters. The second-order valence-corrected chi connectivity index (χ2v) is 6.94. The van der Waals surface area contributed by atoms with Crippen molar-refractivity contribution in [1.29, 1.82) is 0 Å². The summed E-state index contributed by atoms with van der Waals surface area (Å²) in [6, 6.07) is 19.7. The summed E-state index contributed by atoms with van der Waals surface area (Å²) in [4.78, 5) is 14.3. The van der Waals surface area contributed by atoms with Crippen LogP contribution in [-0.4, -0.2) is 27.7 Å². The Morgan fingerprint density at radius 1 is 1.08 bits per heavy atom. The molecule has 26 heavy (non-hydrogen) atoms. The minimum absolute atomic E-state index is 0.0504. The predicted molar refractivity (Wildman–Crippen MR) is 101 cm³/mol. The topological polar surface area (TPSA) is 49.8 Å². The first-order valence-corrected chi connectivity index (χ1v) is 9.36. The van der Waals surface area contributed by atoms with Gasteiger partial charge in [-0.2, -0.15) is 0 Å². The highest BCUT2D eigenvalue weighted by atomic mass is 16.5. The minimum Gasteiger partial charge on any atom is -0.368 e. The lowest BCUT2D eigenvalue weighted by Crippen LogP contribution is -2.51. The summed E-state index contributed by atoms with van der Waals surface area (Å²) in [7, 11) is 0. The Morgan fingerprint density at radius 3 is 2.31 bits per heavy atom. The second-order valence-electron chi connectivity index (χ2n) is 6.94. The SMILES string of the molecule is CCCC[C@@]1(O)[C@@H](OCc2ccccc2)CC(=O)N1Cc1ccccc1. The van der Waals surface area contributed by atoms with Crippen molar-refractivity contribution in [3.8, 4) is 0 Å². The molecule has 0 radical (unpaired) electrons. The average molecular weight is 353 g/mol. The number of amides is 1. The maximum atomic E-state index is 12.7. The normalized spacial score (nSPS) is 22.8. The quantitative estimate of drug-likeness (QED) is 0.783. The van der Waals surface area contributed by atoms with Crippen LogP contribution < -0.4 is 0 Å². The molecule has 1 aliphatic rings. The number of carbonyl (C=O) groups is 1. The highest BCUT2D eigenvalue weighted by Gasteiger charge is 2.51. The zero-order chi connectivity index (χ0) is 18.4. The summed E-state index contributed by atoms with van der Waals surface area (Å²) < 4.78 is 6.03. The molecular weight excluding hydrogens is 326 g/mol. The van der Waals surface area contributed by atoms with Crippen LogP contribution in [0.4, 0.5) is 0 Å². The molecule has 0 aromatic heterocycles. The van der Waals surface area contributed by atoms with Gasteiger partial charge in [0.25, 0.3) is 0 Å². The van der Waals surface area contributed by atoms with Gasteiger partial charge in [0.05, 0.1) is 13.0 Å². The molecule has 1 aliphatic heterocycles. The molecule has 2 aromatic carbocycles. The second kappa shape index (κ2) is 8.47. The number of hydrogen-bond acceptors (Lipinski definition) is 3. The van der Waals surface area contributed by atoms with E-state index in [0.29, 0.717) is 19.6 Å². The lowest BCUT2D eigenvalue weighted by molar-refractivity contribution is -0.177. The Hall–Kier alpha value is -2.17. The zero-order valence-electron chi connectivity index (χ0n) is 15.3. The van der Waals surface area contributed by atoms with Crippen molar-refractivity contribution in [2.24, 2.45) is 0 Å². The molecular formula is C22H27NO3. The molecule has 138 valence electrons. The van der Waals surface area contributed by atoms with Crippen LogP contribution >= 0.6 is 0 Å². The largest absolute Gasteiger partial charge is 0.368 e. The zero-order valence-corrected chi connectivity index (χ0v) is 15.3. The van der Waals surface area contributed by atoms with E-state index in [0.717, 1.165) is 24.0 Å². The summed E-state index contributed by atoms with van der Waals surface area (Å²) in [5.74, 6) is -0.0504. The molecule has 3 rings (SSSR count). The Balaban J connectivity index is 1.76. The van der Waals surface area contributed by atoms with Crippen molar-refractivity contribution in [1.82, 2.24) is 4.90 Å². The number of benzene rings is 2. The summed E-state index contributed by atoms with van der Waals surface area (Å²) in [6.07, 6.45) is 2.05. The lowest BCUT2D eigenvalue weighted by atomic mass is 9.99. The number of rotatable bonds is 8. The predicted octanol–water partition coefficient (Wildman–Crippen LogP) is 3.88. The summed E-state index contributed by atoms with van der Waals surface area (Å²) in [5, 5.41) is 11.4. The van der Waals surface area contributed by atoms with E-state index in [1.807, 2.05) is 60.7 Å². The first-order chi connectivity index (χ1) is 12.6. The van der Waals surface area contributed by atoms with Crippen molar-refractivity contribution in [2.45, 2.75) is 57.6 Å². The fourth-order valence-corrected chi connectivity index (χ4v) is 3.51. The van der Waals surface area contributed by atoms with E-state index in [4.69, 9.17) is 4.74 Å². The lowest BCUT2D eigenvalue weighted by Gasteiger charge is -2.37. The highest BCUT2D eigenvalue weighted by Crippen LogP contribution is 2.36. The Bertz CT molecular complexity index is 704. The average Bonchev–Trinajstić information content (AvgIpc) is 2.91. The molecule has 0 unspecified atom stereocenters. The van der Waals surface area contributed by atoms with Gasteiger partial charge in [0.15, 0.2) is 5.72 Å². The van der Waals surface area contributed by atoms with Crippen LogP contribution in [0.25, 0.3) is 0 Å². The monoisotopic (exact) mass is 353 g/mol. The highest BCUT2D eigenvalue weighted by molar-refractivity contribution is 5.80. The molecule has 4 nitrogen and oxygen atoms in total. The molecule has 1 N–H and O–H groups in total. The van der Waals surface area contributed by atoms with Gasteiger partial charge in [0.1, 0.15) is 6.10 Å². The molecule has 0 saturated carbocycles. The maximum absolute atomic E-state index is 12.7. The third kappa shape index (κ3) is 4.14. The number of carbonyl (C=O) groups excluding carboxylic acids is 1. The van der Waals surface area contributed by atoms with E-state index in [1.54, 1.807) is 4.90 Å². The van der Waals surface area contributed by atoms with Gasteiger partial charge in [-0.25, -0.2) is 0 Å². The molecule has 0 spiro atoms. The number of nitrogens with zero attached hydrogens (tertiary/aromatic N) is 1. The van der Waals surface area contributed by atoms with E-state index in [1.165, 1.54) is 0 Å². The molecule has 0 bridgehead atoms. The maximum Gasteiger partial charge on any atom is 0.228 e. The van der Waals surface area contributed by atoms with Crippen molar-refractivity contribution < 1.29 is 14.6 Å². The first-order valence-electron chi connectivity index (χ1n) is 9.36. The van der Waals surface area contributed by atoms with Crippen molar-refractivity contribution in [2.75, 3.05) is 0 Å². The van der Waals surface area contributed by atoms with Gasteiger partial charge < -0.3 is 14.7 Å². The van der Waals surface area contributed by atoms with E-state index in [2.05, 4.69) is 6.92 Å². The number of unbranched alkanes of at least 4 members (excludes halogenated alkanes) is 1. The fourth-order valence-electron chi connectivity index (χ4n) is 3.51. The summed E-state index contributed by atoms with van der Waals surface area (Å²) in [5.41, 5.74) is 0.802. The molecule has 4 heteroatoms. The first kappa shape index (κ1) is 18.6. The molecule has 1 saturated heterocycles. The fraction of sp³-hybridized carbons (Fsp3) is 0.409. The standard InChI is InChI=1S/C22H27NO3/c1-2-3-14-22(25)20(26-17-19-12-8-5-9-13-19)15-21(24)23(22)16-18-10-6-4-7-11-18/h4-13,20,25H,2-3,14-17H2,1H3/t20-,22+/m0/s1. The summed E-state index contributed by atoms with van der Waals surface area (Å²) >= 11 is 0. The Kier molecular flexibility index (Phi) is 6.07. The number of aliphatic hydroxyl groups is 1. The van der Waals surface area contributed by atoms with Gasteiger partial charge in [-0.05, 0) is 24.0 Å². The van der Waals surface area contributed by atoms with E-state index in [9.17, 15) is 9.90 Å². The van der Waals surface area contributed by atoms with Gasteiger partial charge in [0.2, 0.25) is 5.91 Å². The van der Waals surface area contributed by atoms with Gasteiger partial charge in [-0.1, -0.05) is 74.0 Å². The van der Waals surface area contributed by atoms with Gasteiger partial charge >= 0.3 is 0 Å². The molecule has 0 aliphatic carbocycles. The summed E-state index contributed by atoms with van der Waals surface area (Å²) in [6.45, 7) is 2.89. The van der Waals surface area contributed by atoms with Crippen LogP contribution in [0, 0.1) is 0 Å². The van der Waals surface area contributed by atoms with Crippen molar-refractivity contribution in [3.63, 3.8) is 0 Å². The van der Waals surface area contributed by atoms with Crippen LogP contribution in [0.15, 0.2) is 60.7 Å². The van der Waals surface area contributed by atoms with E-state index < -0.39 is 11.8 Å².